The number of pyridine rings is 1. The zero-order chi connectivity index (χ0) is 22.1. The van der Waals surface area contributed by atoms with Crippen molar-refractivity contribution in [1.29, 1.82) is 0 Å². The molecule has 2 aromatic heterocycles. The van der Waals surface area contributed by atoms with Gasteiger partial charge < -0.3 is 5.11 Å². The number of nitrogens with zero attached hydrogens (tertiary/aromatic N) is 4. The van der Waals surface area contributed by atoms with E-state index in [9.17, 15) is 9.90 Å². The van der Waals surface area contributed by atoms with E-state index in [2.05, 4.69) is 29.1 Å². The van der Waals surface area contributed by atoms with Crippen LogP contribution in [0.15, 0.2) is 71.8 Å². The van der Waals surface area contributed by atoms with Gasteiger partial charge in [0.1, 0.15) is 0 Å². The number of benzene rings is 2. The van der Waals surface area contributed by atoms with Crippen LogP contribution in [-0.2, 0) is 6.54 Å². The summed E-state index contributed by atoms with van der Waals surface area (Å²) in [5.74, 6) is 0. The summed E-state index contributed by atoms with van der Waals surface area (Å²) in [5.41, 5.74) is 4.99. The van der Waals surface area contributed by atoms with Gasteiger partial charge in [-0.2, -0.15) is 5.10 Å². The van der Waals surface area contributed by atoms with Crippen molar-refractivity contribution in [1.82, 2.24) is 19.2 Å². The van der Waals surface area contributed by atoms with E-state index in [-0.39, 0.29) is 18.2 Å². The molecule has 6 heteroatoms. The molecule has 0 spiro atoms. The molecule has 0 bridgehead atoms. The Morgan fingerprint density at radius 1 is 1.03 bits per heavy atom. The average molecular weight is 429 g/mol. The number of aryl methyl sites for hydroxylation is 1. The molecule has 1 N–H and O–H groups in total. The maximum Gasteiger partial charge on any atom is 0.255 e. The Balaban J connectivity index is 1.37. The molecule has 0 aliphatic carbocycles. The van der Waals surface area contributed by atoms with Gasteiger partial charge in [-0.3, -0.25) is 18.9 Å². The van der Waals surface area contributed by atoms with Crippen LogP contribution < -0.4 is 5.56 Å². The fourth-order valence-corrected chi connectivity index (χ4v) is 4.64. The lowest BCUT2D eigenvalue weighted by Gasteiger charge is -2.22. The van der Waals surface area contributed by atoms with Crippen LogP contribution >= 0.6 is 0 Å². The molecule has 1 aliphatic heterocycles. The molecule has 1 aliphatic rings. The quantitative estimate of drug-likeness (QED) is 0.510. The van der Waals surface area contributed by atoms with Gasteiger partial charge in [-0.25, -0.2) is 0 Å². The van der Waals surface area contributed by atoms with E-state index in [4.69, 9.17) is 0 Å². The predicted molar refractivity (Wildman–Crippen MR) is 127 cm³/mol. The highest BCUT2D eigenvalue weighted by Crippen LogP contribution is 2.22. The lowest BCUT2D eigenvalue weighted by molar-refractivity contribution is 0.154. The van der Waals surface area contributed by atoms with Gasteiger partial charge in [-0.15, -0.1) is 0 Å². The van der Waals surface area contributed by atoms with Crippen LogP contribution in [0.3, 0.4) is 0 Å². The summed E-state index contributed by atoms with van der Waals surface area (Å²) in [6.07, 6.45) is 5.91. The van der Waals surface area contributed by atoms with Gasteiger partial charge in [0.2, 0.25) is 0 Å². The van der Waals surface area contributed by atoms with Gasteiger partial charge in [0.25, 0.3) is 5.56 Å². The third-order valence-corrected chi connectivity index (χ3v) is 6.52. The number of hydrogen-bond acceptors (Lipinski definition) is 4. The number of hydrogen-bond donors (Lipinski definition) is 1. The summed E-state index contributed by atoms with van der Waals surface area (Å²) in [6, 6.07) is 18.2. The molecule has 6 nitrogen and oxygen atoms in total. The Morgan fingerprint density at radius 2 is 1.88 bits per heavy atom. The van der Waals surface area contributed by atoms with Crippen molar-refractivity contribution in [3.63, 3.8) is 0 Å². The van der Waals surface area contributed by atoms with Crippen LogP contribution in [0.5, 0.6) is 0 Å². The van der Waals surface area contributed by atoms with Gasteiger partial charge in [0.05, 0.1) is 24.9 Å². The van der Waals surface area contributed by atoms with Gasteiger partial charge in [0, 0.05) is 35.9 Å². The van der Waals surface area contributed by atoms with Crippen LogP contribution in [0.2, 0.25) is 0 Å². The molecule has 0 amide bonds. The number of aromatic nitrogens is 3. The Hall–Kier alpha value is -3.22. The summed E-state index contributed by atoms with van der Waals surface area (Å²) in [6.45, 7) is 4.98. The van der Waals surface area contributed by atoms with E-state index in [1.807, 2.05) is 53.5 Å². The first kappa shape index (κ1) is 20.7. The summed E-state index contributed by atoms with van der Waals surface area (Å²) >= 11 is 0. The first-order valence-corrected chi connectivity index (χ1v) is 11.2. The molecular weight excluding hydrogens is 400 g/mol. The second-order valence-electron chi connectivity index (χ2n) is 8.62. The minimum absolute atomic E-state index is 0.0566. The van der Waals surface area contributed by atoms with Crippen LogP contribution in [0.1, 0.15) is 18.4 Å². The monoisotopic (exact) mass is 428 g/mol. The lowest BCUT2D eigenvalue weighted by Crippen LogP contribution is -2.34. The van der Waals surface area contributed by atoms with Crippen LogP contribution in [-0.4, -0.2) is 50.1 Å². The van der Waals surface area contributed by atoms with E-state index < -0.39 is 0 Å². The summed E-state index contributed by atoms with van der Waals surface area (Å²) in [4.78, 5) is 15.2. The fourth-order valence-electron chi connectivity index (χ4n) is 4.64. The molecular formula is C26H28N4O2. The van der Waals surface area contributed by atoms with Gasteiger partial charge in [0.15, 0.2) is 0 Å². The van der Waals surface area contributed by atoms with E-state index in [1.165, 1.54) is 5.56 Å². The topological polar surface area (TPSA) is 63.3 Å². The molecule has 5 rings (SSSR count). The van der Waals surface area contributed by atoms with E-state index in [0.717, 1.165) is 60.2 Å². The number of likely N-dealkylation sites (tertiary alicyclic amines) is 1. The number of rotatable bonds is 6. The zero-order valence-electron chi connectivity index (χ0n) is 18.3. The van der Waals surface area contributed by atoms with Crippen molar-refractivity contribution < 1.29 is 5.11 Å². The molecule has 4 aromatic rings. The van der Waals surface area contributed by atoms with Crippen molar-refractivity contribution in [3.8, 4) is 16.8 Å². The molecule has 0 radical (unpaired) electrons. The molecule has 0 saturated carbocycles. The highest BCUT2D eigenvalue weighted by atomic mass is 16.3. The molecule has 2 aromatic carbocycles. The second kappa shape index (κ2) is 8.73. The minimum Gasteiger partial charge on any atom is -0.395 e. The van der Waals surface area contributed by atoms with Crippen molar-refractivity contribution >= 4 is 10.9 Å². The molecule has 1 atom stereocenters. The fraction of sp³-hybridized carbons (Fsp3) is 0.308. The Labute approximate surface area is 187 Å². The van der Waals surface area contributed by atoms with E-state index >= 15 is 0 Å². The SMILES string of the molecule is Cc1ccc(-c2ccn(-c3ccc4c(cnn4CCN4CCC[C@@H]4CO)c3)c(=O)c2)cc1. The largest absolute Gasteiger partial charge is 0.395 e. The first-order valence-electron chi connectivity index (χ1n) is 11.2. The second-order valence-corrected chi connectivity index (χ2v) is 8.62. The smallest absolute Gasteiger partial charge is 0.255 e. The van der Waals surface area contributed by atoms with Crippen molar-refractivity contribution in [2.75, 3.05) is 19.7 Å². The summed E-state index contributed by atoms with van der Waals surface area (Å²) in [7, 11) is 0. The van der Waals surface area contributed by atoms with Gasteiger partial charge in [-0.1, -0.05) is 29.8 Å². The van der Waals surface area contributed by atoms with Gasteiger partial charge in [-0.05, 0) is 61.7 Å². The third kappa shape index (κ3) is 3.99. The Bertz CT molecular complexity index is 1290. The average Bonchev–Trinajstić information content (AvgIpc) is 3.44. The number of aliphatic hydroxyl groups excluding tert-OH is 1. The van der Waals surface area contributed by atoms with Crippen molar-refractivity contribution in [3.05, 3.63) is 82.9 Å². The summed E-state index contributed by atoms with van der Waals surface area (Å²) < 4.78 is 3.68. The van der Waals surface area contributed by atoms with Gasteiger partial charge >= 0.3 is 0 Å². The lowest BCUT2D eigenvalue weighted by atomic mass is 10.1. The predicted octanol–water partition coefficient (Wildman–Crippen LogP) is 3.62. The van der Waals surface area contributed by atoms with Crippen molar-refractivity contribution in [2.24, 2.45) is 0 Å². The normalized spacial score (nSPS) is 16.8. The highest BCUT2D eigenvalue weighted by Gasteiger charge is 2.23. The third-order valence-electron chi connectivity index (χ3n) is 6.52. The molecule has 32 heavy (non-hydrogen) atoms. The van der Waals surface area contributed by atoms with E-state index in [1.54, 1.807) is 10.6 Å². The molecule has 164 valence electrons. The highest BCUT2D eigenvalue weighted by molar-refractivity contribution is 5.81. The van der Waals surface area contributed by atoms with Crippen LogP contribution in [0.4, 0.5) is 0 Å². The van der Waals surface area contributed by atoms with Crippen LogP contribution in [0, 0.1) is 6.92 Å². The molecule has 0 unspecified atom stereocenters. The number of fused-ring (bicyclic) bond motifs is 1. The first-order chi connectivity index (χ1) is 15.6. The van der Waals surface area contributed by atoms with E-state index in [0.29, 0.717) is 0 Å². The van der Waals surface area contributed by atoms with Crippen molar-refractivity contribution in [2.45, 2.75) is 32.4 Å². The van der Waals surface area contributed by atoms with Crippen LogP contribution in [0.25, 0.3) is 27.7 Å². The minimum atomic E-state index is -0.0566. The molecule has 3 heterocycles. The standard InChI is InChI=1S/C26H28N4O2/c1-19-4-6-20(7-5-19)21-10-12-29(26(32)16-21)23-8-9-25-22(15-23)17-27-30(25)14-13-28-11-2-3-24(28)18-31/h4-10,12,15-17,24,31H,2-3,11,13-14,18H2,1H3/t24-/m1/s1. The maximum atomic E-state index is 12.8. The maximum absolute atomic E-state index is 12.8. The molecule has 1 fully saturated rings. The Kier molecular flexibility index (Phi) is 5.64. The molecule has 1 saturated heterocycles. The summed E-state index contributed by atoms with van der Waals surface area (Å²) in [5, 5.41) is 15.1. The zero-order valence-corrected chi connectivity index (χ0v) is 18.3. The number of aliphatic hydroxyl groups is 1. The Morgan fingerprint density at radius 3 is 2.66 bits per heavy atom.